The van der Waals surface area contributed by atoms with Crippen LogP contribution in [0.25, 0.3) is 0 Å². The van der Waals surface area contributed by atoms with Crippen molar-refractivity contribution in [2.75, 3.05) is 0 Å². The maximum atomic E-state index is 12.8. The fourth-order valence-electron chi connectivity index (χ4n) is 3.53. The van der Waals surface area contributed by atoms with E-state index < -0.39 is 46.1 Å². The van der Waals surface area contributed by atoms with E-state index in [1.165, 1.54) is 6.07 Å². The van der Waals surface area contributed by atoms with Crippen molar-refractivity contribution in [3.05, 3.63) is 24.3 Å². The van der Waals surface area contributed by atoms with Gasteiger partial charge in [-0.2, -0.15) is 4.31 Å². The van der Waals surface area contributed by atoms with Gasteiger partial charge in [0.15, 0.2) is 0 Å². The van der Waals surface area contributed by atoms with E-state index >= 15 is 0 Å². The first-order valence-electron chi connectivity index (χ1n) is 7.22. The third-order valence-electron chi connectivity index (χ3n) is 4.40. The maximum absolute atomic E-state index is 12.8. The number of carboxylic acids is 1. The second kappa shape index (κ2) is 5.62. The number of carbonyl (C=O) groups is 1. The van der Waals surface area contributed by atoms with Crippen molar-refractivity contribution in [2.45, 2.75) is 42.6 Å². The van der Waals surface area contributed by atoms with Gasteiger partial charge in [-0.05, 0) is 31.4 Å². The summed E-state index contributed by atoms with van der Waals surface area (Å²) in [6, 6.07) is 3.03. The molecule has 0 spiro atoms. The third-order valence-corrected chi connectivity index (χ3v) is 6.38. The largest absolute Gasteiger partial charge is 0.573 e. The van der Waals surface area contributed by atoms with Crippen LogP contribution in [0.2, 0.25) is 0 Å². The summed E-state index contributed by atoms with van der Waals surface area (Å²) in [5.41, 5.74) is 0. The number of benzene rings is 1. The van der Waals surface area contributed by atoms with Crippen LogP contribution < -0.4 is 4.74 Å². The molecule has 2 heterocycles. The van der Waals surface area contributed by atoms with Gasteiger partial charge in [0.1, 0.15) is 5.75 Å². The number of alkyl halides is 3. The van der Waals surface area contributed by atoms with Gasteiger partial charge in [-0.1, -0.05) is 6.07 Å². The van der Waals surface area contributed by atoms with Gasteiger partial charge in [0, 0.05) is 18.2 Å². The Kier molecular flexibility index (Phi) is 3.99. The predicted molar refractivity (Wildman–Crippen MR) is 74.7 cm³/mol. The van der Waals surface area contributed by atoms with Crippen molar-refractivity contribution in [1.29, 1.82) is 0 Å². The molecule has 0 aromatic heterocycles. The van der Waals surface area contributed by atoms with E-state index in [2.05, 4.69) is 4.74 Å². The van der Waals surface area contributed by atoms with Crippen LogP contribution >= 0.6 is 0 Å². The molecule has 0 aliphatic carbocycles. The van der Waals surface area contributed by atoms with Crippen molar-refractivity contribution >= 4 is 16.0 Å². The molecule has 132 valence electrons. The molecule has 2 bridgehead atoms. The van der Waals surface area contributed by atoms with Gasteiger partial charge in [0.2, 0.25) is 10.0 Å². The second-order valence-corrected chi connectivity index (χ2v) is 7.68. The molecule has 2 aliphatic rings. The number of ether oxygens (including phenoxy) is 1. The zero-order valence-corrected chi connectivity index (χ0v) is 13.0. The molecule has 0 saturated carbocycles. The number of aliphatic carboxylic acids is 1. The van der Waals surface area contributed by atoms with Crippen molar-refractivity contribution in [3.63, 3.8) is 0 Å². The summed E-state index contributed by atoms with van der Waals surface area (Å²) in [7, 11) is -4.10. The number of hydrogen-bond donors (Lipinski definition) is 1. The van der Waals surface area contributed by atoms with E-state index in [1.54, 1.807) is 0 Å². The van der Waals surface area contributed by atoms with E-state index in [4.69, 9.17) is 0 Å². The summed E-state index contributed by atoms with van der Waals surface area (Å²) in [6.45, 7) is 0. The molecule has 1 N–H and O–H groups in total. The first-order valence-corrected chi connectivity index (χ1v) is 8.66. The number of hydrogen-bond acceptors (Lipinski definition) is 4. The SMILES string of the molecule is O=C(O)C1CC2CCC1N2S(=O)(=O)c1cccc(OC(F)(F)F)c1. The quantitative estimate of drug-likeness (QED) is 0.884. The summed E-state index contributed by atoms with van der Waals surface area (Å²) in [5.74, 6) is -2.48. The molecule has 6 nitrogen and oxygen atoms in total. The Morgan fingerprint density at radius 1 is 1.29 bits per heavy atom. The van der Waals surface area contributed by atoms with Crippen LogP contribution in [-0.2, 0) is 14.8 Å². The minimum Gasteiger partial charge on any atom is -0.481 e. The number of fused-ring (bicyclic) bond motifs is 2. The summed E-state index contributed by atoms with van der Waals surface area (Å²) in [6.07, 6.45) is -3.73. The standard InChI is InChI=1S/C14H14F3NO5S/c15-14(16,17)23-9-2-1-3-10(7-9)24(21,22)18-8-4-5-12(18)11(6-8)13(19)20/h1-3,7-8,11-12H,4-6H2,(H,19,20). The Morgan fingerprint density at radius 3 is 2.58 bits per heavy atom. The summed E-state index contributed by atoms with van der Waals surface area (Å²) >= 11 is 0. The molecule has 0 radical (unpaired) electrons. The lowest BCUT2D eigenvalue weighted by Gasteiger charge is -2.22. The molecule has 3 rings (SSSR count). The molecule has 1 aromatic carbocycles. The fourth-order valence-corrected chi connectivity index (χ4v) is 5.48. The Balaban J connectivity index is 1.92. The van der Waals surface area contributed by atoms with Crippen LogP contribution in [-0.4, -0.2) is 42.2 Å². The van der Waals surface area contributed by atoms with Crippen molar-refractivity contribution in [2.24, 2.45) is 5.92 Å². The first kappa shape index (κ1) is 17.0. The summed E-state index contributed by atoms with van der Waals surface area (Å²) < 4.78 is 67.3. The topological polar surface area (TPSA) is 83.9 Å². The zero-order valence-electron chi connectivity index (χ0n) is 12.2. The average Bonchev–Trinajstić information content (AvgIpc) is 3.04. The molecular weight excluding hydrogens is 351 g/mol. The van der Waals surface area contributed by atoms with Crippen LogP contribution in [0.15, 0.2) is 29.2 Å². The maximum Gasteiger partial charge on any atom is 0.573 e. The van der Waals surface area contributed by atoms with Gasteiger partial charge in [-0.25, -0.2) is 8.42 Å². The highest BCUT2D eigenvalue weighted by Gasteiger charge is 2.54. The molecule has 1 aromatic rings. The van der Waals surface area contributed by atoms with Gasteiger partial charge in [-0.15, -0.1) is 13.2 Å². The Labute approximate surface area is 135 Å². The van der Waals surface area contributed by atoms with E-state index in [0.29, 0.717) is 12.8 Å². The lowest BCUT2D eigenvalue weighted by atomic mass is 9.89. The highest BCUT2D eigenvalue weighted by molar-refractivity contribution is 7.89. The number of carboxylic acid groups (broad SMARTS) is 1. The predicted octanol–water partition coefficient (Wildman–Crippen LogP) is 2.21. The Bertz CT molecular complexity index is 764. The highest BCUT2D eigenvalue weighted by Crippen LogP contribution is 2.45. The van der Waals surface area contributed by atoms with Crippen LogP contribution in [0, 0.1) is 5.92 Å². The zero-order chi connectivity index (χ0) is 17.7. The number of halogens is 3. The number of nitrogens with zero attached hydrogens (tertiary/aromatic N) is 1. The van der Waals surface area contributed by atoms with Gasteiger partial charge < -0.3 is 9.84 Å². The molecule has 3 unspecified atom stereocenters. The molecule has 0 amide bonds. The minimum absolute atomic E-state index is 0.220. The third kappa shape index (κ3) is 2.95. The monoisotopic (exact) mass is 365 g/mol. The normalized spacial score (nSPS) is 27.4. The van der Waals surface area contributed by atoms with Crippen molar-refractivity contribution in [3.8, 4) is 5.75 Å². The van der Waals surface area contributed by atoms with Gasteiger partial charge >= 0.3 is 12.3 Å². The fraction of sp³-hybridized carbons (Fsp3) is 0.500. The number of rotatable bonds is 4. The van der Waals surface area contributed by atoms with Gasteiger partial charge in [-0.3, -0.25) is 4.79 Å². The van der Waals surface area contributed by atoms with Crippen LogP contribution in [0.4, 0.5) is 13.2 Å². The second-order valence-electron chi connectivity index (χ2n) is 5.84. The minimum atomic E-state index is -4.93. The smallest absolute Gasteiger partial charge is 0.481 e. The lowest BCUT2D eigenvalue weighted by molar-refractivity contribution is -0.274. The molecule has 2 aliphatic heterocycles. The molecule has 3 atom stereocenters. The molecule has 2 saturated heterocycles. The van der Waals surface area contributed by atoms with Crippen molar-refractivity contribution in [1.82, 2.24) is 4.31 Å². The molecular formula is C14H14F3NO5S. The summed E-state index contributed by atoms with van der Waals surface area (Å²) in [4.78, 5) is 10.9. The molecule has 24 heavy (non-hydrogen) atoms. The van der Waals surface area contributed by atoms with E-state index in [0.717, 1.165) is 22.5 Å². The molecule has 2 fully saturated rings. The van der Waals surface area contributed by atoms with E-state index in [9.17, 15) is 31.5 Å². The average molecular weight is 365 g/mol. The highest BCUT2D eigenvalue weighted by atomic mass is 32.2. The Morgan fingerprint density at radius 2 is 2.00 bits per heavy atom. The number of sulfonamides is 1. The molecule has 10 heteroatoms. The van der Waals surface area contributed by atoms with E-state index in [1.807, 2.05) is 0 Å². The van der Waals surface area contributed by atoms with Gasteiger partial charge in [0.05, 0.1) is 10.8 Å². The van der Waals surface area contributed by atoms with E-state index in [-0.39, 0.29) is 11.3 Å². The van der Waals surface area contributed by atoms with Crippen molar-refractivity contribution < 1.29 is 36.2 Å². The van der Waals surface area contributed by atoms with Gasteiger partial charge in [0.25, 0.3) is 0 Å². The van der Waals surface area contributed by atoms with Crippen LogP contribution in [0.3, 0.4) is 0 Å². The first-order chi connectivity index (χ1) is 11.1. The van der Waals surface area contributed by atoms with Crippen LogP contribution in [0.5, 0.6) is 5.75 Å². The van der Waals surface area contributed by atoms with Crippen LogP contribution in [0.1, 0.15) is 19.3 Å². The summed E-state index contributed by atoms with van der Waals surface area (Å²) in [5, 5.41) is 9.19. The Hall–Kier alpha value is -1.81. The lowest BCUT2D eigenvalue weighted by Crippen LogP contribution is -2.37.